The second kappa shape index (κ2) is 10.1. The van der Waals surface area contributed by atoms with E-state index >= 15 is 0 Å². The van der Waals surface area contributed by atoms with Crippen molar-refractivity contribution in [3.05, 3.63) is 35.9 Å². The quantitative estimate of drug-likeness (QED) is 0.284. The molecule has 1 saturated carbocycles. The summed E-state index contributed by atoms with van der Waals surface area (Å²) >= 11 is 0. The summed E-state index contributed by atoms with van der Waals surface area (Å²) in [6, 6.07) is 10.7. The third-order valence-corrected chi connectivity index (χ3v) is 5.49. The second-order valence-electron chi connectivity index (χ2n) is 7.48. The molecule has 6 nitrogen and oxygen atoms in total. The van der Waals surface area contributed by atoms with Crippen molar-refractivity contribution in [2.24, 2.45) is 11.7 Å². The number of carboxylic acid groups (broad SMARTS) is 1. The summed E-state index contributed by atoms with van der Waals surface area (Å²) in [4.78, 5) is 11.7. The zero-order chi connectivity index (χ0) is 19.0. The Balaban J connectivity index is 1.65. The molecule has 144 valence electrons. The SMILES string of the molecule is N[C@](CCCCB(O)O)(C(=O)O)C1CC(NCCCc2ccccc2)C1. The maximum atomic E-state index is 11.7. The second-order valence-corrected chi connectivity index (χ2v) is 7.48. The molecular formula is C19H31BN2O4. The molecule has 7 heteroatoms. The Hall–Kier alpha value is -1.41. The molecule has 0 amide bonds. The van der Waals surface area contributed by atoms with E-state index in [-0.39, 0.29) is 12.2 Å². The molecule has 0 heterocycles. The lowest BCUT2D eigenvalue weighted by molar-refractivity contribution is -0.148. The number of nitrogens with two attached hydrogens (primary N) is 1. The van der Waals surface area contributed by atoms with Gasteiger partial charge < -0.3 is 26.2 Å². The number of nitrogens with one attached hydrogen (secondary N) is 1. The minimum absolute atomic E-state index is 0.0225. The van der Waals surface area contributed by atoms with Crippen molar-refractivity contribution in [1.29, 1.82) is 0 Å². The molecule has 26 heavy (non-hydrogen) atoms. The Labute approximate surface area is 155 Å². The number of carboxylic acids is 1. The van der Waals surface area contributed by atoms with Crippen LogP contribution in [0.5, 0.6) is 0 Å². The minimum Gasteiger partial charge on any atom is -0.480 e. The highest BCUT2D eigenvalue weighted by molar-refractivity contribution is 6.40. The van der Waals surface area contributed by atoms with Crippen LogP contribution in [0.4, 0.5) is 0 Å². The largest absolute Gasteiger partial charge is 0.480 e. The van der Waals surface area contributed by atoms with Crippen LogP contribution in [-0.4, -0.2) is 46.4 Å². The van der Waals surface area contributed by atoms with E-state index in [1.54, 1.807) is 0 Å². The highest BCUT2D eigenvalue weighted by Crippen LogP contribution is 2.38. The summed E-state index contributed by atoms with van der Waals surface area (Å²) in [5, 5.41) is 30.8. The summed E-state index contributed by atoms with van der Waals surface area (Å²) in [6.45, 7) is 0.922. The fourth-order valence-corrected chi connectivity index (χ4v) is 3.68. The van der Waals surface area contributed by atoms with E-state index in [1.807, 2.05) is 18.2 Å². The van der Waals surface area contributed by atoms with Crippen LogP contribution < -0.4 is 11.1 Å². The van der Waals surface area contributed by atoms with E-state index in [1.165, 1.54) is 5.56 Å². The number of rotatable bonds is 12. The Morgan fingerprint density at radius 2 is 1.88 bits per heavy atom. The van der Waals surface area contributed by atoms with Crippen LogP contribution in [0.25, 0.3) is 0 Å². The Kier molecular flexibility index (Phi) is 8.09. The molecule has 0 saturated heterocycles. The summed E-state index contributed by atoms with van der Waals surface area (Å²) in [6.07, 6.45) is 5.46. The van der Waals surface area contributed by atoms with Gasteiger partial charge in [0.1, 0.15) is 5.54 Å². The molecule has 1 aromatic carbocycles. The van der Waals surface area contributed by atoms with Crippen molar-refractivity contribution < 1.29 is 19.9 Å². The van der Waals surface area contributed by atoms with Gasteiger partial charge in [-0.05, 0) is 56.5 Å². The molecule has 1 fully saturated rings. The summed E-state index contributed by atoms with van der Waals surface area (Å²) < 4.78 is 0. The zero-order valence-electron chi connectivity index (χ0n) is 15.3. The fourth-order valence-electron chi connectivity index (χ4n) is 3.68. The number of hydrogen-bond acceptors (Lipinski definition) is 5. The minimum atomic E-state index is -1.33. The van der Waals surface area contributed by atoms with E-state index in [0.717, 1.165) is 32.2 Å². The molecular weight excluding hydrogens is 331 g/mol. The molecule has 0 unspecified atom stereocenters. The van der Waals surface area contributed by atoms with Crippen molar-refractivity contribution in [1.82, 2.24) is 5.32 Å². The molecule has 0 radical (unpaired) electrons. The van der Waals surface area contributed by atoms with Gasteiger partial charge in [-0.25, -0.2) is 0 Å². The predicted molar refractivity (Wildman–Crippen MR) is 103 cm³/mol. The van der Waals surface area contributed by atoms with Gasteiger partial charge in [-0.1, -0.05) is 43.2 Å². The van der Waals surface area contributed by atoms with Gasteiger partial charge in [0.15, 0.2) is 0 Å². The van der Waals surface area contributed by atoms with Gasteiger partial charge in [0.05, 0.1) is 0 Å². The Morgan fingerprint density at radius 1 is 1.19 bits per heavy atom. The summed E-state index contributed by atoms with van der Waals surface area (Å²) in [7, 11) is -1.33. The monoisotopic (exact) mass is 362 g/mol. The summed E-state index contributed by atoms with van der Waals surface area (Å²) in [5.74, 6) is -0.972. The molecule has 1 aliphatic carbocycles. The first kappa shape index (κ1) is 20.9. The smallest absolute Gasteiger partial charge is 0.451 e. The van der Waals surface area contributed by atoms with Crippen LogP contribution in [0, 0.1) is 5.92 Å². The average Bonchev–Trinajstić information content (AvgIpc) is 2.57. The number of benzene rings is 1. The standard InChI is InChI=1S/C19H31BN2O4/c21-19(18(23)24,10-4-5-11-20(25)26)16-13-17(14-16)22-12-6-9-15-7-2-1-3-8-15/h1-3,7-8,16-17,22,25-26H,4-6,9-14,21H2,(H,23,24)/t16?,17?,19-/m0/s1. The van der Waals surface area contributed by atoms with Crippen LogP contribution in [0.3, 0.4) is 0 Å². The third kappa shape index (κ3) is 6.09. The molecule has 0 bridgehead atoms. The lowest BCUT2D eigenvalue weighted by Gasteiger charge is -2.45. The van der Waals surface area contributed by atoms with Gasteiger partial charge >= 0.3 is 13.1 Å². The molecule has 1 aliphatic rings. The van der Waals surface area contributed by atoms with Crippen molar-refractivity contribution >= 4 is 13.1 Å². The number of carbonyl (C=O) groups is 1. The molecule has 6 N–H and O–H groups in total. The van der Waals surface area contributed by atoms with Crippen molar-refractivity contribution in [2.45, 2.75) is 62.8 Å². The number of aliphatic carboxylic acids is 1. The van der Waals surface area contributed by atoms with E-state index in [9.17, 15) is 9.90 Å². The van der Waals surface area contributed by atoms with Gasteiger partial charge in [0.2, 0.25) is 0 Å². The number of hydrogen-bond donors (Lipinski definition) is 5. The summed E-state index contributed by atoms with van der Waals surface area (Å²) in [5.41, 5.74) is 6.33. The van der Waals surface area contributed by atoms with Gasteiger partial charge in [-0.3, -0.25) is 4.79 Å². The Bertz CT molecular complexity index is 552. The molecule has 0 aromatic heterocycles. The average molecular weight is 362 g/mol. The third-order valence-electron chi connectivity index (χ3n) is 5.49. The van der Waals surface area contributed by atoms with Gasteiger partial charge in [-0.2, -0.15) is 0 Å². The highest BCUT2D eigenvalue weighted by atomic mass is 16.4. The van der Waals surface area contributed by atoms with Gasteiger partial charge in [0.25, 0.3) is 0 Å². The predicted octanol–water partition coefficient (Wildman–Crippen LogP) is 1.41. The van der Waals surface area contributed by atoms with E-state index < -0.39 is 18.6 Å². The van der Waals surface area contributed by atoms with Crippen LogP contribution in [-0.2, 0) is 11.2 Å². The molecule has 0 aliphatic heterocycles. The topological polar surface area (TPSA) is 116 Å². The molecule has 1 atom stereocenters. The van der Waals surface area contributed by atoms with Crippen LogP contribution in [0.15, 0.2) is 30.3 Å². The van der Waals surface area contributed by atoms with Crippen molar-refractivity contribution in [2.75, 3.05) is 6.54 Å². The fraction of sp³-hybridized carbons (Fsp3) is 0.632. The zero-order valence-corrected chi connectivity index (χ0v) is 15.3. The normalized spacial score (nSPS) is 21.7. The van der Waals surface area contributed by atoms with E-state index in [4.69, 9.17) is 15.8 Å². The van der Waals surface area contributed by atoms with E-state index in [2.05, 4.69) is 17.4 Å². The maximum Gasteiger partial charge on any atom is 0.451 e. The first-order valence-electron chi connectivity index (χ1n) is 9.57. The number of aryl methyl sites for hydroxylation is 1. The Morgan fingerprint density at radius 3 is 2.50 bits per heavy atom. The highest BCUT2D eigenvalue weighted by Gasteiger charge is 2.47. The lowest BCUT2D eigenvalue weighted by Crippen LogP contribution is -2.61. The van der Waals surface area contributed by atoms with Crippen molar-refractivity contribution in [3.63, 3.8) is 0 Å². The van der Waals surface area contributed by atoms with Crippen LogP contribution >= 0.6 is 0 Å². The maximum absolute atomic E-state index is 11.7. The molecule has 2 rings (SSSR count). The van der Waals surface area contributed by atoms with E-state index in [0.29, 0.717) is 25.3 Å². The number of unbranched alkanes of at least 4 members (excludes halogenated alkanes) is 1. The molecule has 1 aromatic rings. The lowest BCUT2D eigenvalue weighted by atomic mass is 9.66. The first-order chi connectivity index (χ1) is 12.4. The first-order valence-corrected chi connectivity index (χ1v) is 9.57. The van der Waals surface area contributed by atoms with Gasteiger partial charge in [-0.15, -0.1) is 0 Å². The van der Waals surface area contributed by atoms with Crippen LogP contribution in [0.1, 0.15) is 44.1 Å². The molecule has 0 spiro atoms. The van der Waals surface area contributed by atoms with Crippen molar-refractivity contribution in [3.8, 4) is 0 Å². The van der Waals surface area contributed by atoms with Gasteiger partial charge in [0, 0.05) is 6.04 Å². The van der Waals surface area contributed by atoms with Crippen LogP contribution in [0.2, 0.25) is 6.32 Å².